The van der Waals surface area contributed by atoms with Crippen LogP contribution in [0.5, 0.6) is 0 Å². The largest absolute Gasteiger partial charge is 0.358 e. The number of piperazine rings is 1. The number of amides is 3. The summed E-state index contributed by atoms with van der Waals surface area (Å²) in [7, 11) is 0. The minimum Gasteiger partial charge on any atom is -0.358 e. The average molecular weight is 958 g/mol. The number of aliphatic imine (C=N–C) groups is 1. The normalized spacial score (nSPS) is 16.6. The summed E-state index contributed by atoms with van der Waals surface area (Å²) in [4.78, 5) is 63.4. The fourth-order valence-electron chi connectivity index (χ4n) is 8.49. The molecule has 1 aliphatic carbocycles. The first-order chi connectivity index (χ1) is 32.3. The molecular formula is C54H75N11O3S. The molecule has 370 valence electrons. The van der Waals surface area contributed by atoms with Gasteiger partial charge in [0.05, 0.1) is 17.7 Å². The maximum Gasteiger partial charge on any atom is 0.256 e. The third-order valence-electron chi connectivity index (χ3n) is 12.9. The van der Waals surface area contributed by atoms with Gasteiger partial charge in [-0.15, -0.1) is 0 Å². The monoisotopic (exact) mass is 958 g/mol. The van der Waals surface area contributed by atoms with E-state index in [4.69, 9.17) is 9.97 Å². The molecule has 3 amide bonds. The van der Waals surface area contributed by atoms with Gasteiger partial charge in [0, 0.05) is 90.0 Å². The maximum atomic E-state index is 12.9. The number of aryl methyl sites for hydroxylation is 1. The van der Waals surface area contributed by atoms with E-state index >= 15 is 0 Å². The second-order valence-electron chi connectivity index (χ2n) is 20.2. The lowest BCUT2D eigenvalue weighted by molar-refractivity contribution is -0.117. The molecule has 0 unspecified atom stereocenters. The zero-order chi connectivity index (χ0) is 48.9. The molecule has 2 fully saturated rings. The number of aromatic nitrogens is 3. The molecule has 5 heterocycles. The summed E-state index contributed by atoms with van der Waals surface area (Å²) < 4.78 is 0. The third kappa shape index (κ3) is 13.5. The second-order valence-corrected chi connectivity index (χ2v) is 21.3. The van der Waals surface area contributed by atoms with E-state index in [2.05, 4.69) is 126 Å². The van der Waals surface area contributed by atoms with E-state index in [1.165, 1.54) is 22.9 Å². The van der Waals surface area contributed by atoms with Crippen LogP contribution in [0, 0.1) is 19.8 Å². The Morgan fingerprint density at radius 3 is 2.23 bits per heavy atom. The van der Waals surface area contributed by atoms with E-state index in [0.29, 0.717) is 22.8 Å². The molecule has 14 nitrogen and oxygen atoms in total. The number of hydrogen-bond donors (Lipinski definition) is 5. The summed E-state index contributed by atoms with van der Waals surface area (Å²) in [6.45, 7) is 31.4. The first kappa shape index (κ1) is 52.6. The SMILES string of the molecule is C.CC1=CC(Nc2cc(N3CCN(C(C)(C)C)CC3)nc(Sc3ccc(NC(=O)C4CC4)cc3)n2)=NC1.CCN(CC)CCNC(=O)c1c(C)[nH]c(/C=C2\C(=O)Nc3ccc(C(C)(C)C)cc32)c1C. The highest BCUT2D eigenvalue weighted by atomic mass is 32.2. The van der Waals surface area contributed by atoms with Crippen LogP contribution in [-0.2, 0) is 15.0 Å². The number of nitrogens with one attached hydrogen (secondary N) is 5. The van der Waals surface area contributed by atoms with Crippen molar-refractivity contribution in [1.29, 1.82) is 0 Å². The summed E-state index contributed by atoms with van der Waals surface area (Å²) in [5.41, 5.74) is 8.82. The highest BCUT2D eigenvalue weighted by molar-refractivity contribution is 7.99. The second kappa shape index (κ2) is 22.3. The number of nitrogens with zero attached hydrogens (tertiary/aromatic N) is 6. The number of likely N-dealkylation sites (N-methyl/N-ethyl adjacent to an activating group) is 1. The molecule has 15 heteroatoms. The van der Waals surface area contributed by atoms with Crippen LogP contribution in [0.4, 0.5) is 23.0 Å². The van der Waals surface area contributed by atoms with E-state index in [1.807, 2.05) is 56.3 Å². The molecule has 0 atom stereocenters. The van der Waals surface area contributed by atoms with E-state index in [9.17, 15) is 14.4 Å². The number of benzene rings is 2. The standard InChI is InChI=1S/C27H35N7OS.C26H36N4O2.CH4/c1-18-15-22(28-17-18)30-23-16-24(33-11-13-34(14-12-33)27(2,3)4)32-26(31-23)36-21-9-7-20(8-10-21)29-25(35)19-5-6-19;1-8-30(9-2)13-12-27-25(32)23-16(3)22(28-17(23)4)15-20-19-14-18(26(5,6)7)10-11-21(19)29-24(20)31;/h7-10,15-16,19H,5-6,11-14,17H2,1-4H3,(H,29,35)(H,28,30,31,32);10-11,14-15,28H,8-9,12-13H2,1-7H3,(H,27,32)(H,29,31);1H4/b;20-15-;. The highest BCUT2D eigenvalue weighted by Crippen LogP contribution is 2.38. The first-order valence-corrected chi connectivity index (χ1v) is 25.0. The summed E-state index contributed by atoms with van der Waals surface area (Å²) >= 11 is 1.52. The van der Waals surface area contributed by atoms with Crippen molar-refractivity contribution in [2.75, 3.05) is 79.8 Å². The molecule has 1 saturated carbocycles. The van der Waals surface area contributed by atoms with Gasteiger partial charge >= 0.3 is 0 Å². The predicted molar refractivity (Wildman–Crippen MR) is 286 cm³/mol. The molecule has 0 bridgehead atoms. The van der Waals surface area contributed by atoms with Crippen LogP contribution in [0.1, 0.15) is 121 Å². The molecular weight excluding hydrogens is 883 g/mol. The van der Waals surface area contributed by atoms with Crippen molar-refractivity contribution >= 4 is 70.0 Å². The minimum atomic E-state index is -0.122. The Labute approximate surface area is 414 Å². The number of aromatic amines is 1. The molecule has 2 aromatic carbocycles. The zero-order valence-corrected chi connectivity index (χ0v) is 42.8. The van der Waals surface area contributed by atoms with Gasteiger partial charge in [-0.25, -0.2) is 9.97 Å². The average Bonchev–Trinajstić information content (AvgIpc) is 3.92. The topological polar surface area (TPSA) is 163 Å². The Balaban J connectivity index is 0.000000225. The highest BCUT2D eigenvalue weighted by Gasteiger charge is 2.31. The van der Waals surface area contributed by atoms with Crippen molar-refractivity contribution in [3.63, 3.8) is 0 Å². The molecule has 2 aromatic heterocycles. The lowest BCUT2D eigenvalue weighted by atomic mass is 9.85. The van der Waals surface area contributed by atoms with Gasteiger partial charge in [-0.2, -0.15) is 0 Å². The molecule has 0 radical (unpaired) electrons. The number of H-pyrrole nitrogens is 1. The predicted octanol–water partition coefficient (Wildman–Crippen LogP) is 9.80. The van der Waals surface area contributed by atoms with Gasteiger partial charge < -0.3 is 36.1 Å². The first-order valence-electron chi connectivity index (χ1n) is 24.1. The number of amidine groups is 1. The van der Waals surface area contributed by atoms with Gasteiger partial charge in [-0.3, -0.25) is 24.3 Å². The Kier molecular flexibility index (Phi) is 17.0. The maximum absolute atomic E-state index is 12.9. The quantitative estimate of drug-likeness (QED) is 0.0644. The molecule has 8 rings (SSSR count). The molecule has 3 aliphatic heterocycles. The van der Waals surface area contributed by atoms with Gasteiger partial charge in [-0.05, 0) is 150 Å². The molecule has 4 aromatic rings. The van der Waals surface area contributed by atoms with Crippen LogP contribution in [-0.4, -0.2) is 113 Å². The van der Waals surface area contributed by atoms with Crippen molar-refractivity contribution < 1.29 is 14.4 Å². The number of carbonyl (C=O) groups is 3. The van der Waals surface area contributed by atoms with Gasteiger partial charge in [0.15, 0.2) is 5.16 Å². The number of rotatable bonds is 13. The van der Waals surface area contributed by atoms with Crippen LogP contribution in [0.25, 0.3) is 11.6 Å². The number of carbonyl (C=O) groups excluding carboxylic acids is 3. The van der Waals surface area contributed by atoms with Gasteiger partial charge in [0.1, 0.15) is 17.5 Å². The van der Waals surface area contributed by atoms with E-state index in [0.717, 1.165) is 121 Å². The van der Waals surface area contributed by atoms with E-state index < -0.39 is 0 Å². The summed E-state index contributed by atoms with van der Waals surface area (Å²) in [6, 6.07) is 16.0. The third-order valence-corrected chi connectivity index (χ3v) is 13.8. The summed E-state index contributed by atoms with van der Waals surface area (Å²) in [6.07, 6.45) is 5.92. The number of hydrogen-bond acceptors (Lipinski definition) is 11. The molecule has 69 heavy (non-hydrogen) atoms. The summed E-state index contributed by atoms with van der Waals surface area (Å²) in [5.74, 6) is 2.61. The van der Waals surface area contributed by atoms with Crippen LogP contribution < -0.4 is 26.2 Å². The van der Waals surface area contributed by atoms with Crippen molar-refractivity contribution in [2.24, 2.45) is 10.9 Å². The molecule has 0 spiro atoms. The Morgan fingerprint density at radius 1 is 0.928 bits per heavy atom. The van der Waals surface area contributed by atoms with Crippen molar-refractivity contribution in [1.82, 2.24) is 30.1 Å². The number of fused-ring (bicyclic) bond motifs is 1. The van der Waals surface area contributed by atoms with Gasteiger partial charge in [0.2, 0.25) is 5.91 Å². The number of anilines is 4. The minimum absolute atomic E-state index is 0. The van der Waals surface area contributed by atoms with Crippen LogP contribution in [0.15, 0.2) is 75.2 Å². The smallest absolute Gasteiger partial charge is 0.256 e. The fourth-order valence-corrected chi connectivity index (χ4v) is 9.26. The van der Waals surface area contributed by atoms with Crippen molar-refractivity contribution in [3.05, 3.63) is 93.8 Å². The summed E-state index contributed by atoms with van der Waals surface area (Å²) in [5, 5.41) is 13.0. The molecule has 5 N–H and O–H groups in total. The molecule has 4 aliphatic rings. The zero-order valence-electron chi connectivity index (χ0n) is 41.9. The lowest BCUT2D eigenvalue weighted by Crippen LogP contribution is -2.53. The van der Waals surface area contributed by atoms with Gasteiger partial charge in [0.25, 0.3) is 11.8 Å². The Morgan fingerprint density at radius 2 is 1.62 bits per heavy atom. The van der Waals surface area contributed by atoms with Crippen molar-refractivity contribution in [3.8, 4) is 0 Å². The Bertz CT molecular complexity index is 2580. The van der Waals surface area contributed by atoms with Crippen LogP contribution in [0.2, 0.25) is 0 Å². The van der Waals surface area contributed by atoms with Crippen LogP contribution >= 0.6 is 11.8 Å². The van der Waals surface area contributed by atoms with E-state index in [-0.39, 0.29) is 42.0 Å². The van der Waals surface area contributed by atoms with Crippen molar-refractivity contribution in [2.45, 2.75) is 117 Å². The Hall–Kier alpha value is -5.77. The van der Waals surface area contributed by atoms with E-state index in [1.54, 1.807) is 0 Å². The lowest BCUT2D eigenvalue weighted by Gasteiger charge is -2.42. The van der Waals surface area contributed by atoms with Crippen LogP contribution in [0.3, 0.4) is 0 Å². The van der Waals surface area contributed by atoms with Gasteiger partial charge in [-0.1, -0.05) is 48.1 Å². The molecule has 1 saturated heterocycles. The fraction of sp³-hybridized carbons (Fsp3) is 0.481.